The number of ether oxygens (including phenoxy) is 1. The molecule has 1 heterocycles. The monoisotopic (exact) mass is 509 g/mol. The third-order valence-corrected chi connectivity index (χ3v) is 5.03. The molecule has 0 radical (unpaired) electrons. The van der Waals surface area contributed by atoms with Crippen molar-refractivity contribution in [3.8, 4) is 17.4 Å². The third-order valence-electron chi connectivity index (χ3n) is 4.37. The van der Waals surface area contributed by atoms with E-state index in [0.29, 0.717) is 21.4 Å². The number of rotatable bonds is 7. The van der Waals surface area contributed by atoms with Crippen LogP contribution in [-0.2, 0) is 9.53 Å². The largest absolute Gasteiger partial charge is 0.462 e. The molecule has 1 amide bonds. The predicted octanol–water partition coefficient (Wildman–Crippen LogP) is 5.34. The summed E-state index contributed by atoms with van der Waals surface area (Å²) in [6.45, 7) is 2.01. The second-order valence-electron chi connectivity index (χ2n) is 6.55. The van der Waals surface area contributed by atoms with Gasteiger partial charge in [-0.3, -0.25) is 14.9 Å². The molecule has 3 rings (SSSR count). The van der Waals surface area contributed by atoms with Crippen molar-refractivity contribution >= 4 is 45.3 Å². The third kappa shape index (κ3) is 5.72. The molecule has 1 N–H and O–H groups in total. The van der Waals surface area contributed by atoms with Gasteiger partial charge >= 0.3 is 5.97 Å². The molecular weight excluding hydrogens is 494 g/mol. The summed E-state index contributed by atoms with van der Waals surface area (Å²) in [6, 6.07) is 15.6. The van der Waals surface area contributed by atoms with Gasteiger partial charge in [0.05, 0.1) is 22.8 Å². The number of nitro benzene ring substituents is 1. The fraction of sp³-hybridized carbons (Fsp3) is 0.0870. The topological polar surface area (TPSA) is 135 Å². The van der Waals surface area contributed by atoms with Crippen LogP contribution in [0.1, 0.15) is 23.0 Å². The summed E-state index contributed by atoms with van der Waals surface area (Å²) < 4.78 is 11.0. The molecule has 10 heteroatoms. The van der Waals surface area contributed by atoms with Crippen LogP contribution in [0.4, 0.5) is 11.4 Å². The average Bonchev–Trinajstić information content (AvgIpc) is 3.27. The number of anilines is 1. The number of esters is 1. The molecular formula is C23H16BrN3O6. The Bertz CT molecular complexity index is 1290. The standard InChI is InChI=1S/C23H16BrN3O6/c1-2-32-23(29)15-5-3-14(4-6-15)21-10-8-18(33-21)11-16(13-25)22(28)26-20-9-7-17(27(30)31)12-19(20)24/h3-12H,2H2,1H3,(H,26,28)/b16-11+. The lowest BCUT2D eigenvalue weighted by molar-refractivity contribution is -0.384. The van der Waals surface area contributed by atoms with Gasteiger partial charge in [0.15, 0.2) is 0 Å². The van der Waals surface area contributed by atoms with Gasteiger partial charge in [-0.1, -0.05) is 12.1 Å². The second kappa shape index (κ2) is 10.4. The molecule has 0 bridgehead atoms. The van der Waals surface area contributed by atoms with E-state index in [2.05, 4.69) is 21.2 Å². The minimum absolute atomic E-state index is 0.144. The van der Waals surface area contributed by atoms with Crippen molar-refractivity contribution in [2.45, 2.75) is 6.92 Å². The van der Waals surface area contributed by atoms with Crippen LogP contribution < -0.4 is 5.32 Å². The number of hydrogen-bond donors (Lipinski definition) is 1. The molecule has 9 nitrogen and oxygen atoms in total. The van der Waals surface area contributed by atoms with Crippen LogP contribution >= 0.6 is 15.9 Å². The molecule has 33 heavy (non-hydrogen) atoms. The molecule has 3 aromatic rings. The van der Waals surface area contributed by atoms with Crippen molar-refractivity contribution in [2.24, 2.45) is 0 Å². The van der Waals surface area contributed by atoms with Crippen LogP contribution in [0, 0.1) is 21.4 Å². The number of nitriles is 1. The van der Waals surface area contributed by atoms with Crippen molar-refractivity contribution in [2.75, 3.05) is 11.9 Å². The smallest absolute Gasteiger partial charge is 0.338 e. The predicted molar refractivity (Wildman–Crippen MR) is 123 cm³/mol. The zero-order valence-electron chi connectivity index (χ0n) is 17.2. The fourth-order valence-electron chi connectivity index (χ4n) is 2.77. The van der Waals surface area contributed by atoms with Crippen LogP contribution in [0.2, 0.25) is 0 Å². The van der Waals surface area contributed by atoms with Crippen LogP contribution in [0.5, 0.6) is 0 Å². The second-order valence-corrected chi connectivity index (χ2v) is 7.40. The lowest BCUT2D eigenvalue weighted by Gasteiger charge is -2.06. The Balaban J connectivity index is 1.76. The van der Waals surface area contributed by atoms with Gasteiger partial charge in [-0.2, -0.15) is 5.26 Å². The van der Waals surface area contributed by atoms with E-state index in [-0.39, 0.29) is 29.3 Å². The molecule has 0 saturated heterocycles. The van der Waals surface area contributed by atoms with Gasteiger partial charge in [0.2, 0.25) is 0 Å². The molecule has 0 aliphatic rings. The summed E-state index contributed by atoms with van der Waals surface area (Å²) in [6.07, 6.45) is 1.28. The van der Waals surface area contributed by atoms with Gasteiger partial charge in [-0.15, -0.1) is 0 Å². The Labute approximate surface area is 196 Å². The van der Waals surface area contributed by atoms with E-state index in [1.165, 1.54) is 24.3 Å². The Morgan fingerprint density at radius 1 is 1.21 bits per heavy atom. The summed E-state index contributed by atoms with van der Waals surface area (Å²) >= 11 is 3.16. The number of halogens is 1. The number of nitro groups is 1. The number of amides is 1. The quantitative estimate of drug-likeness (QED) is 0.149. The van der Waals surface area contributed by atoms with E-state index < -0.39 is 16.8 Å². The maximum absolute atomic E-state index is 12.5. The van der Waals surface area contributed by atoms with E-state index in [0.717, 1.165) is 0 Å². The summed E-state index contributed by atoms with van der Waals surface area (Å²) in [4.78, 5) is 34.5. The molecule has 0 unspecified atom stereocenters. The number of nitrogens with zero attached hydrogens (tertiary/aromatic N) is 2. The lowest BCUT2D eigenvalue weighted by Crippen LogP contribution is -2.13. The molecule has 166 valence electrons. The minimum Gasteiger partial charge on any atom is -0.462 e. The minimum atomic E-state index is -0.705. The van der Waals surface area contributed by atoms with Gasteiger partial charge in [0.25, 0.3) is 11.6 Å². The number of carbonyl (C=O) groups is 2. The van der Waals surface area contributed by atoms with Crippen molar-refractivity contribution in [3.05, 3.63) is 86.1 Å². The average molecular weight is 510 g/mol. The highest BCUT2D eigenvalue weighted by molar-refractivity contribution is 9.10. The zero-order valence-corrected chi connectivity index (χ0v) is 18.8. The first-order chi connectivity index (χ1) is 15.8. The number of benzene rings is 2. The van der Waals surface area contributed by atoms with E-state index in [1.54, 1.807) is 43.3 Å². The highest BCUT2D eigenvalue weighted by Crippen LogP contribution is 2.28. The highest BCUT2D eigenvalue weighted by atomic mass is 79.9. The van der Waals surface area contributed by atoms with Crippen molar-refractivity contribution in [3.63, 3.8) is 0 Å². The molecule has 1 aromatic heterocycles. The molecule has 0 aliphatic carbocycles. The molecule has 0 spiro atoms. The van der Waals surface area contributed by atoms with Crippen LogP contribution in [0.25, 0.3) is 17.4 Å². The number of nitrogens with one attached hydrogen (secondary N) is 1. The highest BCUT2D eigenvalue weighted by Gasteiger charge is 2.15. The Kier molecular flexibility index (Phi) is 7.38. The lowest BCUT2D eigenvalue weighted by atomic mass is 10.1. The number of hydrogen-bond acceptors (Lipinski definition) is 7. The Morgan fingerprint density at radius 3 is 2.55 bits per heavy atom. The van der Waals surface area contributed by atoms with Crippen LogP contribution in [-0.4, -0.2) is 23.4 Å². The van der Waals surface area contributed by atoms with E-state index in [4.69, 9.17) is 9.15 Å². The van der Waals surface area contributed by atoms with Gasteiger partial charge < -0.3 is 14.5 Å². The molecule has 0 aliphatic heterocycles. The van der Waals surface area contributed by atoms with Crippen LogP contribution in [0.15, 0.2) is 69.1 Å². The van der Waals surface area contributed by atoms with Crippen LogP contribution in [0.3, 0.4) is 0 Å². The summed E-state index contributed by atoms with van der Waals surface area (Å²) in [5.41, 5.74) is 1.01. The molecule has 0 atom stereocenters. The summed E-state index contributed by atoms with van der Waals surface area (Å²) in [5.74, 6) is -0.373. The SMILES string of the molecule is CCOC(=O)c1ccc(-c2ccc(/C=C(\C#N)C(=O)Nc3ccc([N+](=O)[O-])cc3Br)o2)cc1. The first kappa shape index (κ1) is 23.4. The van der Waals surface area contributed by atoms with Gasteiger partial charge in [-0.05, 0) is 53.2 Å². The summed E-state index contributed by atoms with van der Waals surface area (Å²) in [7, 11) is 0. The number of non-ortho nitro benzene ring substituents is 1. The van der Waals surface area contributed by atoms with Gasteiger partial charge in [0, 0.05) is 28.2 Å². The first-order valence-corrected chi connectivity index (χ1v) is 10.4. The van der Waals surface area contributed by atoms with Crippen molar-refractivity contribution in [1.29, 1.82) is 5.26 Å². The van der Waals surface area contributed by atoms with E-state index in [1.807, 2.05) is 6.07 Å². The van der Waals surface area contributed by atoms with Crippen molar-refractivity contribution in [1.82, 2.24) is 0 Å². The zero-order chi connectivity index (χ0) is 24.0. The number of furan rings is 1. The first-order valence-electron chi connectivity index (χ1n) is 9.57. The van der Waals surface area contributed by atoms with Gasteiger partial charge in [-0.25, -0.2) is 4.79 Å². The normalized spacial score (nSPS) is 10.9. The Hall–Kier alpha value is -4.23. The summed E-state index contributed by atoms with van der Waals surface area (Å²) in [5, 5.41) is 22.8. The molecule has 2 aromatic carbocycles. The fourth-order valence-corrected chi connectivity index (χ4v) is 3.24. The van der Waals surface area contributed by atoms with Gasteiger partial charge in [0.1, 0.15) is 23.2 Å². The molecule has 0 saturated carbocycles. The number of carbonyl (C=O) groups excluding carboxylic acids is 2. The van der Waals surface area contributed by atoms with E-state index in [9.17, 15) is 25.0 Å². The van der Waals surface area contributed by atoms with E-state index >= 15 is 0 Å². The molecule has 0 fully saturated rings. The Morgan fingerprint density at radius 2 is 1.94 bits per heavy atom. The van der Waals surface area contributed by atoms with Crippen molar-refractivity contribution < 1.29 is 23.7 Å². The maximum Gasteiger partial charge on any atom is 0.338 e. The maximum atomic E-state index is 12.5.